The molecule has 10 unspecified atom stereocenters. The van der Waals surface area contributed by atoms with Gasteiger partial charge in [0.2, 0.25) is 0 Å². The first-order chi connectivity index (χ1) is 69.1. The number of aliphatic hydroxyl groups excluding tert-OH is 10. The molecule has 792 valence electrons. The van der Waals surface area contributed by atoms with Gasteiger partial charge in [-0.3, -0.25) is 0 Å². The summed E-state index contributed by atoms with van der Waals surface area (Å²) in [5.74, 6) is 0. The summed E-state index contributed by atoms with van der Waals surface area (Å²) in [7, 11) is -23.1. The maximum absolute atomic E-state index is 11.4. The molecule has 0 saturated carbocycles. The van der Waals surface area contributed by atoms with Gasteiger partial charge in [-0.05, 0) is 150 Å². The second-order valence-corrected chi connectivity index (χ2v) is 41.1. The van der Waals surface area contributed by atoms with E-state index in [4.69, 9.17) is 18.9 Å². The summed E-state index contributed by atoms with van der Waals surface area (Å²) >= 11 is 0. The van der Waals surface area contributed by atoms with E-state index in [2.05, 4.69) is 0 Å². The molecular weight excluding hydrogens is 2100 g/mol. The molecule has 11 rings (SSSR count). The van der Waals surface area contributed by atoms with Gasteiger partial charge in [0.05, 0.1) is 112 Å². The SMILES string of the molecule is CCCCOCC(O)CN(CC(O)COCCCC)c1cccc(S(=O)(=O)[O-])c1.CCCCOCC(O)CN(CC(O)COCCCC)c1cccc(S(=O)(=O)[O-])c1.O=S(=O)([O-])c1cccc(N(CC(O)c2ccccc2)CC(O)c2ccccc2)c1.O=S(=O)([O-])c1cccc(N(CC(O)c2ccccc2)CC(O)c2ccccc2)c1.O=S(=O)([O-])c1cccc(N(CC(O)c2ccccc2)CC(O)c2ccccc2)c1.[K+].[K+].[Li+].[Na+].[Na+]. The van der Waals surface area contributed by atoms with E-state index in [1.807, 2.05) is 137 Å². The van der Waals surface area contributed by atoms with E-state index < -0.39 is 112 Å². The quantitative estimate of drug-likeness (QED) is 0.0104. The van der Waals surface area contributed by atoms with Crippen LogP contribution in [0.5, 0.6) is 0 Å². The Morgan fingerprint density at radius 3 is 0.500 bits per heavy atom. The Kier molecular flexibility index (Phi) is 71.0. The number of unbranched alkanes of at least 4 members (excludes halogenated alkanes) is 4. The fraction of sp³-hybridized carbons (Fsp3) is 0.377. The van der Waals surface area contributed by atoms with E-state index in [0.717, 1.165) is 51.4 Å². The number of benzene rings is 11. The number of hydrogen-bond acceptors (Lipinski definition) is 34. The molecule has 0 amide bonds. The smallest absolute Gasteiger partial charge is 0.744 e. The predicted molar refractivity (Wildman–Crippen MR) is 548 cm³/mol. The van der Waals surface area contributed by atoms with Crippen molar-refractivity contribution in [2.45, 2.75) is 165 Å². The van der Waals surface area contributed by atoms with Gasteiger partial charge in [-0.15, -0.1) is 0 Å². The van der Waals surface area contributed by atoms with Gasteiger partial charge in [-0.1, -0.05) is 266 Å². The number of ether oxygens (including phenoxy) is 4. The Hall–Kier alpha value is -4.72. The molecule has 10 N–H and O–H groups in total. The van der Waals surface area contributed by atoms with Crippen molar-refractivity contribution in [3.8, 4) is 0 Å². The molecule has 0 aliphatic heterocycles. The molecule has 150 heavy (non-hydrogen) atoms. The summed E-state index contributed by atoms with van der Waals surface area (Å²) in [6.45, 7) is 12.0. The van der Waals surface area contributed by atoms with Crippen LogP contribution in [0.1, 0.15) is 149 Å². The van der Waals surface area contributed by atoms with Crippen LogP contribution >= 0.6 is 0 Å². The average molecular weight is 2230 g/mol. The zero-order valence-corrected chi connectivity index (χ0v) is 101. The Morgan fingerprint density at radius 1 is 0.227 bits per heavy atom. The van der Waals surface area contributed by atoms with Crippen molar-refractivity contribution in [1.29, 1.82) is 0 Å². The van der Waals surface area contributed by atoms with Crippen molar-refractivity contribution >= 4 is 79.0 Å². The third kappa shape index (κ3) is 54.2. The van der Waals surface area contributed by atoms with Crippen LogP contribution in [-0.2, 0) is 69.5 Å². The van der Waals surface area contributed by atoms with Crippen molar-refractivity contribution in [1.82, 2.24) is 0 Å². The molecule has 0 spiro atoms. The molecule has 0 radical (unpaired) electrons. The van der Waals surface area contributed by atoms with Gasteiger partial charge in [0.1, 0.15) is 50.6 Å². The normalized spacial score (nSPS) is 13.3. The molecule has 0 saturated heterocycles. The zero-order chi connectivity index (χ0) is 106. The molecule has 0 aliphatic rings. The fourth-order valence-electron chi connectivity index (χ4n) is 14.6. The van der Waals surface area contributed by atoms with E-state index in [1.54, 1.807) is 128 Å². The van der Waals surface area contributed by atoms with Crippen LogP contribution in [0.4, 0.5) is 28.4 Å². The third-order valence-corrected chi connectivity index (χ3v) is 26.5. The summed E-state index contributed by atoms with van der Waals surface area (Å²) in [5.41, 5.74) is 6.27. The summed E-state index contributed by atoms with van der Waals surface area (Å²) in [4.78, 5) is 6.49. The number of anilines is 5. The summed E-state index contributed by atoms with van der Waals surface area (Å²) < 4.78 is 193. The van der Waals surface area contributed by atoms with E-state index >= 15 is 0 Å². The minimum Gasteiger partial charge on any atom is -0.744 e. The van der Waals surface area contributed by atoms with Crippen LogP contribution < -0.4 is 205 Å². The second kappa shape index (κ2) is 75.3. The van der Waals surface area contributed by atoms with E-state index in [0.29, 0.717) is 88.2 Å². The first kappa shape index (κ1) is 141. The minimum absolute atomic E-state index is 0. The maximum Gasteiger partial charge on any atom is 1.00 e. The molecular formula is C106H134K2LiN5Na2O29S5. The maximum atomic E-state index is 11.4. The number of rotatable bonds is 56. The number of hydrogen-bond donors (Lipinski definition) is 10. The predicted octanol–water partition coefficient (Wildman–Crippen LogP) is -2.88. The monoisotopic (exact) mass is 2230 g/mol. The standard InChI is InChI=1S/3C22H23NO5S.2C20H35NO7S.2K.Li.2Na/c3*24-21(17-8-3-1-4-9-17)15-23(16-22(25)18-10-5-2-6-11-18)19-12-7-13-20(14-19)29(26,27)28;2*1-3-5-10-27-15-18(22)13-21(14-19(23)16-28-11-6-4-2)17-8-7-9-20(12-17)29(24,25)26;;;;;/h3*1-14,21-22,24-25H,15-16H2,(H,26,27,28);2*7-9,12,18-19,22-23H,3-6,10-11,13-16H2,1-2H3,(H,24,25,26);;;;;/q;;;;;5*+1/p-5. The minimum atomic E-state index is -4.62. The van der Waals surface area contributed by atoms with Crippen LogP contribution in [0.25, 0.3) is 0 Å². The van der Waals surface area contributed by atoms with Crippen molar-refractivity contribution in [2.75, 3.05) is 143 Å². The number of aliphatic hydroxyl groups is 10. The molecule has 10 atom stereocenters. The molecule has 11 aromatic carbocycles. The van der Waals surface area contributed by atoms with Crippen molar-refractivity contribution in [2.24, 2.45) is 0 Å². The second-order valence-electron chi connectivity index (χ2n) is 34.2. The van der Waals surface area contributed by atoms with E-state index in [9.17, 15) is 116 Å². The molecule has 44 heteroatoms. The summed E-state index contributed by atoms with van der Waals surface area (Å²) in [6, 6.07) is 82.2. The molecule has 34 nitrogen and oxygen atoms in total. The van der Waals surface area contributed by atoms with E-state index in [-0.39, 0.29) is 297 Å². The Balaban J connectivity index is 0.000000628. The molecule has 0 fully saturated rings. The van der Waals surface area contributed by atoms with Crippen molar-refractivity contribution in [3.05, 3.63) is 337 Å². The largest absolute Gasteiger partial charge is 1.00 e. The average Bonchev–Trinajstić information content (AvgIpc) is 0.832. The Morgan fingerprint density at radius 2 is 0.367 bits per heavy atom. The van der Waals surface area contributed by atoms with Gasteiger partial charge in [0, 0.05) is 120 Å². The van der Waals surface area contributed by atoms with Crippen LogP contribution in [0, 0.1) is 0 Å². The van der Waals surface area contributed by atoms with Crippen LogP contribution in [0.3, 0.4) is 0 Å². The van der Waals surface area contributed by atoms with Gasteiger partial charge in [0.15, 0.2) is 0 Å². The summed E-state index contributed by atoms with van der Waals surface area (Å²) in [6.07, 6.45) is -1.03. The molecule has 0 heterocycles. The molecule has 0 aliphatic carbocycles. The van der Waals surface area contributed by atoms with Gasteiger partial charge >= 0.3 is 181 Å². The molecule has 0 aromatic heterocycles. The van der Waals surface area contributed by atoms with Crippen molar-refractivity contribution < 1.29 is 316 Å². The van der Waals surface area contributed by atoms with Gasteiger partial charge < -0.3 is 117 Å². The molecule has 0 bridgehead atoms. The zero-order valence-electron chi connectivity index (χ0n) is 86.5. The van der Waals surface area contributed by atoms with Gasteiger partial charge in [-0.2, -0.15) is 0 Å². The summed E-state index contributed by atoms with van der Waals surface area (Å²) in [5, 5.41) is 105. The third-order valence-electron chi connectivity index (χ3n) is 22.4. The van der Waals surface area contributed by atoms with Gasteiger partial charge in [0.25, 0.3) is 0 Å². The first-order valence-corrected chi connectivity index (χ1v) is 54.6. The van der Waals surface area contributed by atoms with Crippen LogP contribution in [0.15, 0.2) is 328 Å². The van der Waals surface area contributed by atoms with Crippen molar-refractivity contribution in [3.63, 3.8) is 0 Å². The van der Waals surface area contributed by atoms with Gasteiger partial charge in [-0.25, -0.2) is 42.1 Å². The molecule has 11 aromatic rings. The Bertz CT molecular complexity index is 5460. The van der Waals surface area contributed by atoms with E-state index in [1.165, 1.54) is 91.0 Å². The fourth-order valence-corrected chi connectivity index (χ4v) is 17.2. The van der Waals surface area contributed by atoms with Crippen LogP contribution in [-0.4, -0.2) is 259 Å². The Labute approximate surface area is 1020 Å². The topological polar surface area (TPSA) is 541 Å². The first-order valence-electron chi connectivity index (χ1n) is 47.5. The number of nitrogens with zero attached hydrogens (tertiary/aromatic N) is 5. The van der Waals surface area contributed by atoms with Crippen LogP contribution in [0.2, 0.25) is 0 Å².